The van der Waals surface area contributed by atoms with Gasteiger partial charge in [0.1, 0.15) is 5.82 Å². The third-order valence-corrected chi connectivity index (χ3v) is 10.2. The maximum absolute atomic E-state index is 15.4. The molecule has 5 aromatic rings. The number of carboxylic acid groups (broad SMARTS) is 1. The number of rotatable bonds is 9. The number of thiazole rings is 1. The molecule has 2 aromatic heterocycles. The zero-order chi connectivity index (χ0) is 31.2. The maximum Gasteiger partial charge on any atom is 0.355 e. The zero-order valence-corrected chi connectivity index (χ0v) is 25.9. The first-order chi connectivity index (χ1) is 21.7. The van der Waals surface area contributed by atoms with Crippen LogP contribution in [-0.2, 0) is 37.0 Å². The Morgan fingerprint density at radius 2 is 1.80 bits per heavy atom. The van der Waals surface area contributed by atoms with Crippen LogP contribution in [0.2, 0.25) is 0 Å². The number of hydrogen-bond donors (Lipinski definition) is 2. The zero-order valence-electron chi connectivity index (χ0n) is 24.3. The predicted molar refractivity (Wildman–Crippen MR) is 170 cm³/mol. The van der Waals surface area contributed by atoms with Crippen molar-refractivity contribution in [2.24, 2.45) is 11.1 Å². The topological polar surface area (TPSA) is 117 Å². The number of carbonyl (C=O) groups is 1. The molecule has 0 radical (unpaired) electrons. The predicted octanol–water partition coefficient (Wildman–Crippen LogP) is 7.04. The summed E-state index contributed by atoms with van der Waals surface area (Å²) in [4.78, 5) is 15.9. The fourth-order valence-corrected chi connectivity index (χ4v) is 7.37. The van der Waals surface area contributed by atoms with Gasteiger partial charge in [-0.25, -0.2) is 23.2 Å². The van der Waals surface area contributed by atoms with Crippen LogP contribution < -0.4 is 5.14 Å². The van der Waals surface area contributed by atoms with Gasteiger partial charge in [-0.15, -0.1) is 16.5 Å². The molecule has 7 nitrogen and oxygen atoms in total. The summed E-state index contributed by atoms with van der Waals surface area (Å²) >= 11 is -0.782. The average molecular weight is 645 g/mol. The Hall–Kier alpha value is -3.90. The van der Waals surface area contributed by atoms with E-state index in [1.165, 1.54) is 46.0 Å². The second kappa shape index (κ2) is 12.1. The van der Waals surface area contributed by atoms with E-state index < -0.39 is 23.1 Å². The second-order valence-electron chi connectivity index (χ2n) is 11.8. The Morgan fingerprint density at radius 3 is 2.51 bits per heavy atom. The first-order valence-electron chi connectivity index (χ1n) is 14.9. The summed E-state index contributed by atoms with van der Waals surface area (Å²) in [5, 5.41) is 21.9. The number of nitrogens with two attached hydrogens (primary N) is 1. The van der Waals surface area contributed by atoms with E-state index in [1.807, 2.05) is 12.1 Å². The van der Waals surface area contributed by atoms with Crippen LogP contribution in [0.15, 0.2) is 64.9 Å². The largest absolute Gasteiger partial charge is 0.593 e. The highest BCUT2D eigenvalue weighted by atomic mass is 32.2. The summed E-state index contributed by atoms with van der Waals surface area (Å²) in [5.74, 6) is -1.69. The maximum atomic E-state index is 15.4. The van der Waals surface area contributed by atoms with E-state index >= 15 is 4.39 Å². The Morgan fingerprint density at radius 1 is 1.02 bits per heavy atom. The number of benzene rings is 3. The van der Waals surface area contributed by atoms with Gasteiger partial charge in [0.05, 0.1) is 22.7 Å². The van der Waals surface area contributed by atoms with E-state index in [1.54, 1.807) is 16.8 Å². The lowest BCUT2D eigenvalue weighted by atomic mass is 9.88. The summed E-state index contributed by atoms with van der Waals surface area (Å²) in [6, 6.07) is 15.6. The Balaban J connectivity index is 1.38. The van der Waals surface area contributed by atoms with Crippen LogP contribution in [0.3, 0.4) is 0 Å². The van der Waals surface area contributed by atoms with Crippen LogP contribution in [0.1, 0.15) is 64.1 Å². The molecule has 2 aliphatic rings. The monoisotopic (exact) mass is 644 g/mol. The summed E-state index contributed by atoms with van der Waals surface area (Å²) < 4.78 is 43.8. The quantitative estimate of drug-likeness (QED) is 0.166. The van der Waals surface area contributed by atoms with Crippen molar-refractivity contribution in [1.82, 2.24) is 14.8 Å². The molecule has 45 heavy (non-hydrogen) atoms. The van der Waals surface area contributed by atoms with Crippen LogP contribution in [0.25, 0.3) is 27.5 Å². The Labute approximate surface area is 266 Å². The molecule has 11 heteroatoms. The van der Waals surface area contributed by atoms with Crippen molar-refractivity contribution in [3.05, 3.63) is 105 Å². The summed E-state index contributed by atoms with van der Waals surface area (Å²) in [7, 11) is 0. The molecule has 2 aliphatic carbocycles. The minimum atomic E-state index is -1.96. The number of aryl methyl sites for hydroxylation is 2. The highest BCUT2D eigenvalue weighted by Crippen LogP contribution is 2.39. The molecule has 1 fully saturated rings. The number of halogens is 2. The Bertz CT molecular complexity index is 1930. The number of nitrogens with zero attached hydrogens (tertiary/aromatic N) is 3. The van der Waals surface area contributed by atoms with Gasteiger partial charge in [-0.2, -0.15) is 5.10 Å². The van der Waals surface area contributed by atoms with Gasteiger partial charge in [0.15, 0.2) is 11.5 Å². The summed E-state index contributed by atoms with van der Waals surface area (Å²) in [6.45, 7) is 0. The van der Waals surface area contributed by atoms with E-state index in [0.717, 1.165) is 55.3 Å². The first kappa shape index (κ1) is 29.8. The van der Waals surface area contributed by atoms with Crippen molar-refractivity contribution >= 4 is 28.7 Å². The molecule has 0 amide bonds. The number of fused-ring (bicyclic) bond motifs is 1. The molecule has 0 bridgehead atoms. The standard InChI is InChI=1S/C34H30F2N4O3S2/c35-27-11-10-24(17-25(27)23-9-8-21-3-1-2-4-22(21)16-23)32-26(13-20-7-12-31(45(37)43)28(36)14-20)30(15-19-5-6-19)40(39-32)34-38-29(18-44-34)33(41)42/h7-12,14,16-19H,1-6,13,15,37H2,(H,41,42). The van der Waals surface area contributed by atoms with Crippen LogP contribution in [0.4, 0.5) is 8.78 Å². The molecule has 230 valence electrons. The second-order valence-corrected chi connectivity index (χ2v) is 13.6. The van der Waals surface area contributed by atoms with Crippen molar-refractivity contribution < 1.29 is 23.2 Å². The minimum Gasteiger partial charge on any atom is -0.593 e. The van der Waals surface area contributed by atoms with Crippen molar-refractivity contribution in [1.29, 1.82) is 0 Å². The number of hydrogen-bond acceptors (Lipinski definition) is 6. The van der Waals surface area contributed by atoms with Crippen LogP contribution >= 0.6 is 11.3 Å². The molecular weight excluding hydrogens is 615 g/mol. The highest BCUT2D eigenvalue weighted by molar-refractivity contribution is 7.89. The van der Waals surface area contributed by atoms with E-state index in [2.05, 4.69) is 17.1 Å². The van der Waals surface area contributed by atoms with Crippen molar-refractivity contribution in [3.63, 3.8) is 0 Å². The van der Waals surface area contributed by atoms with Crippen molar-refractivity contribution in [2.45, 2.75) is 56.3 Å². The van der Waals surface area contributed by atoms with Crippen LogP contribution in [0, 0.1) is 17.6 Å². The average Bonchev–Trinajstić information content (AvgIpc) is 3.59. The number of aromatic nitrogens is 3. The smallest absolute Gasteiger partial charge is 0.355 e. The molecular formula is C34H30F2N4O3S2. The molecule has 7 rings (SSSR count). The van der Waals surface area contributed by atoms with Gasteiger partial charge in [-0.1, -0.05) is 24.3 Å². The fourth-order valence-electron chi connectivity index (χ4n) is 6.14. The normalized spacial score (nSPS) is 15.2. The van der Waals surface area contributed by atoms with Gasteiger partial charge in [0.25, 0.3) is 0 Å². The summed E-state index contributed by atoms with van der Waals surface area (Å²) in [6.07, 6.45) is 7.37. The van der Waals surface area contributed by atoms with E-state index in [0.29, 0.717) is 39.9 Å². The highest BCUT2D eigenvalue weighted by Gasteiger charge is 2.30. The minimum absolute atomic E-state index is 0.0742. The lowest BCUT2D eigenvalue weighted by Crippen LogP contribution is -2.14. The first-order valence-corrected chi connectivity index (χ1v) is 17.0. The molecule has 3 aromatic carbocycles. The van der Waals surface area contributed by atoms with Crippen LogP contribution in [0.5, 0.6) is 0 Å². The van der Waals surface area contributed by atoms with Gasteiger partial charge in [-0.05, 0) is 103 Å². The van der Waals surface area contributed by atoms with Crippen molar-refractivity contribution in [2.75, 3.05) is 0 Å². The van der Waals surface area contributed by atoms with Gasteiger partial charge in [0, 0.05) is 28.5 Å². The van der Waals surface area contributed by atoms with Gasteiger partial charge >= 0.3 is 5.97 Å². The third-order valence-electron chi connectivity index (χ3n) is 8.65. The van der Waals surface area contributed by atoms with Gasteiger partial charge in [-0.3, -0.25) is 0 Å². The molecule has 3 N–H and O–H groups in total. The molecule has 1 atom stereocenters. The SMILES string of the molecule is N[S+]([O-])c1ccc(Cc2c(-c3ccc(F)c(-c4ccc5c(c4)CCCC5)c3)nn(-c3nc(C(=O)O)cs3)c2CC2CC2)cc1F. The summed E-state index contributed by atoms with van der Waals surface area (Å²) in [5.41, 5.74) is 7.32. The third kappa shape index (κ3) is 6.05. The van der Waals surface area contributed by atoms with Crippen LogP contribution in [-0.4, -0.2) is 30.4 Å². The van der Waals surface area contributed by atoms with E-state index in [9.17, 15) is 18.8 Å². The van der Waals surface area contributed by atoms with E-state index in [-0.39, 0.29) is 22.8 Å². The van der Waals surface area contributed by atoms with E-state index in [4.69, 9.17) is 10.2 Å². The fraction of sp³-hybridized carbons (Fsp3) is 0.265. The lowest BCUT2D eigenvalue weighted by Gasteiger charge is -2.17. The Kier molecular flexibility index (Phi) is 8.03. The number of carboxylic acids is 1. The molecule has 2 heterocycles. The molecule has 1 unspecified atom stereocenters. The van der Waals surface area contributed by atoms with Crippen molar-refractivity contribution in [3.8, 4) is 27.5 Å². The molecule has 1 saturated carbocycles. The number of aromatic carboxylic acids is 1. The molecule has 0 saturated heterocycles. The molecule has 0 aliphatic heterocycles. The van der Waals surface area contributed by atoms with Gasteiger partial charge < -0.3 is 9.66 Å². The lowest BCUT2D eigenvalue weighted by molar-refractivity contribution is 0.0691. The molecule has 0 spiro atoms. The van der Waals surface area contributed by atoms with Gasteiger partial charge in [0.2, 0.25) is 10.0 Å².